The zero-order valence-corrected chi connectivity index (χ0v) is 9.62. The molecule has 2 rings (SSSR count). The van der Waals surface area contributed by atoms with E-state index in [1.54, 1.807) is 0 Å². The second-order valence-electron chi connectivity index (χ2n) is 3.50. The number of hydrogen-bond acceptors (Lipinski definition) is 1. The molecule has 0 N–H and O–H groups in total. The van der Waals surface area contributed by atoms with E-state index in [-0.39, 0.29) is 0 Å². The summed E-state index contributed by atoms with van der Waals surface area (Å²) >= 11 is 5.86. The topological polar surface area (TPSA) is 17.8 Å². The van der Waals surface area contributed by atoms with Crippen LogP contribution >= 0.6 is 11.6 Å². The van der Waals surface area contributed by atoms with Gasteiger partial charge in [-0.25, -0.2) is 0 Å². The maximum Gasteiger partial charge on any atom is 0.0710 e. The predicted molar refractivity (Wildman–Crippen MR) is 63.0 cm³/mol. The van der Waals surface area contributed by atoms with Gasteiger partial charge in [-0.1, -0.05) is 30.7 Å². The van der Waals surface area contributed by atoms with Crippen LogP contribution in [0.2, 0.25) is 5.02 Å². The monoisotopic (exact) mass is 220 g/mol. The van der Waals surface area contributed by atoms with E-state index in [2.05, 4.69) is 12.0 Å². The van der Waals surface area contributed by atoms with E-state index in [0.29, 0.717) is 0 Å². The lowest BCUT2D eigenvalue weighted by molar-refractivity contribution is 0.775. The summed E-state index contributed by atoms with van der Waals surface area (Å²) in [5.74, 6) is 0. The van der Waals surface area contributed by atoms with Crippen LogP contribution in [0.25, 0.3) is 11.3 Å². The molecule has 2 nitrogen and oxygen atoms in total. The van der Waals surface area contributed by atoms with Gasteiger partial charge >= 0.3 is 0 Å². The van der Waals surface area contributed by atoms with Gasteiger partial charge in [0, 0.05) is 17.6 Å². The third kappa shape index (κ3) is 1.90. The molecule has 0 saturated heterocycles. The number of aromatic nitrogens is 2. The Morgan fingerprint density at radius 1 is 1.27 bits per heavy atom. The molecule has 0 radical (unpaired) electrons. The third-order valence-electron chi connectivity index (χ3n) is 2.51. The van der Waals surface area contributed by atoms with Crippen LogP contribution in [0.4, 0.5) is 0 Å². The van der Waals surface area contributed by atoms with E-state index in [1.807, 2.05) is 42.2 Å². The molecule has 0 atom stereocenters. The van der Waals surface area contributed by atoms with Crippen molar-refractivity contribution in [2.45, 2.75) is 13.3 Å². The largest absolute Gasteiger partial charge is 0.268 e. The van der Waals surface area contributed by atoms with Crippen molar-refractivity contribution in [1.29, 1.82) is 0 Å². The summed E-state index contributed by atoms with van der Waals surface area (Å²) < 4.78 is 1.90. The second-order valence-corrected chi connectivity index (χ2v) is 3.94. The van der Waals surface area contributed by atoms with Crippen LogP contribution in [0.15, 0.2) is 30.5 Å². The molecule has 15 heavy (non-hydrogen) atoms. The zero-order chi connectivity index (χ0) is 10.8. The van der Waals surface area contributed by atoms with Crippen LogP contribution < -0.4 is 0 Å². The van der Waals surface area contributed by atoms with E-state index in [0.717, 1.165) is 17.0 Å². The molecular weight excluding hydrogens is 208 g/mol. The fourth-order valence-electron chi connectivity index (χ4n) is 1.72. The van der Waals surface area contributed by atoms with Gasteiger partial charge in [-0.3, -0.25) is 4.68 Å². The minimum Gasteiger partial charge on any atom is -0.268 e. The average Bonchev–Trinajstić information content (AvgIpc) is 2.61. The lowest BCUT2D eigenvalue weighted by Gasteiger charge is -2.05. The molecular formula is C12H13ClN2. The molecule has 0 spiro atoms. The molecule has 0 aliphatic carbocycles. The average molecular weight is 221 g/mol. The van der Waals surface area contributed by atoms with E-state index in [1.165, 1.54) is 11.3 Å². The number of rotatable bonds is 2. The quantitative estimate of drug-likeness (QED) is 0.760. The van der Waals surface area contributed by atoms with Crippen molar-refractivity contribution in [3.63, 3.8) is 0 Å². The fourth-order valence-corrected chi connectivity index (χ4v) is 1.85. The zero-order valence-electron chi connectivity index (χ0n) is 8.87. The molecule has 1 aromatic carbocycles. The molecule has 78 valence electrons. The first-order valence-electron chi connectivity index (χ1n) is 4.99. The predicted octanol–water partition coefficient (Wildman–Crippen LogP) is 3.30. The van der Waals surface area contributed by atoms with Gasteiger partial charge < -0.3 is 0 Å². The van der Waals surface area contributed by atoms with Gasteiger partial charge in [0.25, 0.3) is 0 Å². The molecule has 0 aliphatic rings. The minimum atomic E-state index is 0.763. The number of nitrogens with zero attached hydrogens (tertiary/aromatic N) is 2. The Kier molecular flexibility index (Phi) is 2.78. The van der Waals surface area contributed by atoms with Gasteiger partial charge in [0.05, 0.1) is 11.9 Å². The first-order valence-corrected chi connectivity index (χ1v) is 5.37. The van der Waals surface area contributed by atoms with Crippen molar-refractivity contribution in [2.24, 2.45) is 7.05 Å². The van der Waals surface area contributed by atoms with E-state index >= 15 is 0 Å². The van der Waals surface area contributed by atoms with E-state index in [9.17, 15) is 0 Å². The molecule has 2 aromatic rings. The van der Waals surface area contributed by atoms with Gasteiger partial charge in [-0.05, 0) is 24.1 Å². The molecule has 1 heterocycles. The Morgan fingerprint density at radius 2 is 1.93 bits per heavy atom. The highest BCUT2D eigenvalue weighted by molar-refractivity contribution is 6.30. The van der Waals surface area contributed by atoms with Gasteiger partial charge in [0.2, 0.25) is 0 Å². The first-order chi connectivity index (χ1) is 7.22. The van der Waals surface area contributed by atoms with Crippen LogP contribution in [0.5, 0.6) is 0 Å². The maximum absolute atomic E-state index is 5.86. The van der Waals surface area contributed by atoms with Crippen LogP contribution in [-0.2, 0) is 13.5 Å². The maximum atomic E-state index is 5.86. The van der Waals surface area contributed by atoms with Crippen molar-refractivity contribution in [3.05, 3.63) is 41.0 Å². The molecule has 0 aliphatic heterocycles. The highest BCUT2D eigenvalue weighted by Crippen LogP contribution is 2.24. The molecule has 0 saturated carbocycles. The SMILES string of the molecule is CCc1cnn(C)c1-c1ccc(Cl)cc1. The van der Waals surface area contributed by atoms with Gasteiger partial charge in [-0.2, -0.15) is 5.10 Å². The summed E-state index contributed by atoms with van der Waals surface area (Å²) in [7, 11) is 1.96. The molecule has 0 fully saturated rings. The Balaban J connectivity index is 2.52. The van der Waals surface area contributed by atoms with Crippen molar-refractivity contribution in [3.8, 4) is 11.3 Å². The fraction of sp³-hybridized carbons (Fsp3) is 0.250. The van der Waals surface area contributed by atoms with Gasteiger partial charge in [-0.15, -0.1) is 0 Å². The smallest absolute Gasteiger partial charge is 0.0710 e. The van der Waals surface area contributed by atoms with Crippen LogP contribution in [0.3, 0.4) is 0 Å². The standard InChI is InChI=1S/C12H13ClN2/c1-3-9-8-14-15(2)12(9)10-4-6-11(13)7-5-10/h4-8H,3H2,1-2H3. The second kappa shape index (κ2) is 4.07. The summed E-state index contributed by atoms with van der Waals surface area (Å²) in [6, 6.07) is 7.86. The molecule has 0 amide bonds. The summed E-state index contributed by atoms with van der Waals surface area (Å²) in [6.45, 7) is 2.14. The van der Waals surface area contributed by atoms with Crippen LogP contribution in [-0.4, -0.2) is 9.78 Å². The Hall–Kier alpha value is -1.28. The summed E-state index contributed by atoms with van der Waals surface area (Å²) in [4.78, 5) is 0. The highest BCUT2D eigenvalue weighted by Gasteiger charge is 2.08. The van der Waals surface area contributed by atoms with Crippen molar-refractivity contribution in [1.82, 2.24) is 9.78 Å². The summed E-state index contributed by atoms with van der Waals surface area (Å²) in [5, 5.41) is 5.03. The summed E-state index contributed by atoms with van der Waals surface area (Å²) in [6.07, 6.45) is 2.91. The molecule has 0 bridgehead atoms. The van der Waals surface area contributed by atoms with Crippen molar-refractivity contribution >= 4 is 11.6 Å². The Labute approximate surface area is 94.5 Å². The van der Waals surface area contributed by atoms with Crippen LogP contribution in [0, 0.1) is 0 Å². The van der Waals surface area contributed by atoms with Gasteiger partial charge in [0.1, 0.15) is 0 Å². The Morgan fingerprint density at radius 3 is 2.53 bits per heavy atom. The highest BCUT2D eigenvalue weighted by atomic mass is 35.5. The number of benzene rings is 1. The van der Waals surface area contributed by atoms with E-state index < -0.39 is 0 Å². The number of aryl methyl sites for hydroxylation is 2. The van der Waals surface area contributed by atoms with Crippen LogP contribution in [0.1, 0.15) is 12.5 Å². The molecule has 3 heteroatoms. The molecule has 0 unspecified atom stereocenters. The van der Waals surface area contributed by atoms with Crippen molar-refractivity contribution in [2.75, 3.05) is 0 Å². The van der Waals surface area contributed by atoms with Gasteiger partial charge in [0.15, 0.2) is 0 Å². The summed E-state index contributed by atoms with van der Waals surface area (Å²) in [5.41, 5.74) is 3.60. The Bertz CT molecular complexity index is 457. The lowest BCUT2D eigenvalue weighted by Crippen LogP contribution is -1.95. The molecule has 1 aromatic heterocycles. The number of hydrogen-bond donors (Lipinski definition) is 0. The first kappa shape index (κ1) is 10.2. The lowest BCUT2D eigenvalue weighted by atomic mass is 10.1. The minimum absolute atomic E-state index is 0.763. The van der Waals surface area contributed by atoms with Crippen molar-refractivity contribution < 1.29 is 0 Å². The van der Waals surface area contributed by atoms with E-state index in [4.69, 9.17) is 11.6 Å². The third-order valence-corrected chi connectivity index (χ3v) is 2.77. The number of halogens is 1. The normalized spacial score (nSPS) is 10.6.